The molecule has 0 saturated carbocycles. The van der Waals surface area contributed by atoms with Crippen LogP contribution >= 0.6 is 0 Å². The largest absolute Gasteiger partial charge is 0.455 e. The molecule has 10 rings (SSSR count). The quantitative estimate of drug-likeness (QED) is 0.186. The Labute approximate surface area is 294 Å². The molecule has 0 amide bonds. The maximum absolute atomic E-state index is 6.42. The van der Waals surface area contributed by atoms with Crippen LogP contribution in [-0.4, -0.2) is 15.0 Å². The average Bonchev–Trinajstić information content (AvgIpc) is 3.59. The molecule has 0 N–H and O–H groups in total. The lowest BCUT2D eigenvalue weighted by Crippen LogP contribution is -2.00. The molecule has 0 fully saturated rings. The van der Waals surface area contributed by atoms with Crippen LogP contribution in [0.1, 0.15) is 0 Å². The van der Waals surface area contributed by atoms with Gasteiger partial charge in [-0.05, 0) is 74.1 Å². The fraction of sp³-hybridized carbons (Fsp3) is 0. The number of para-hydroxylation sites is 2. The number of benzene rings is 8. The summed E-state index contributed by atoms with van der Waals surface area (Å²) in [5, 5.41) is 6.85. The Morgan fingerprint density at radius 2 is 0.824 bits per heavy atom. The predicted molar refractivity (Wildman–Crippen MR) is 209 cm³/mol. The van der Waals surface area contributed by atoms with Crippen molar-refractivity contribution in [1.29, 1.82) is 0 Å². The Morgan fingerprint density at radius 1 is 0.314 bits per heavy atom. The number of aromatic nitrogens is 3. The second-order valence-electron chi connectivity index (χ2n) is 12.9. The first-order valence-electron chi connectivity index (χ1n) is 17.1. The Balaban J connectivity index is 1.10. The molecule has 2 aromatic heterocycles. The topological polar surface area (TPSA) is 51.8 Å². The summed E-state index contributed by atoms with van der Waals surface area (Å²) in [5.74, 6) is 1.78. The molecule has 8 aromatic carbocycles. The van der Waals surface area contributed by atoms with Crippen LogP contribution in [0.3, 0.4) is 0 Å². The van der Waals surface area contributed by atoms with E-state index in [1.807, 2.05) is 36.4 Å². The normalized spacial score (nSPS) is 11.5. The molecule has 0 unspecified atom stereocenters. The fourth-order valence-corrected chi connectivity index (χ4v) is 7.05. The lowest BCUT2D eigenvalue weighted by molar-refractivity contribution is 0.669. The highest BCUT2D eigenvalue weighted by Crippen LogP contribution is 2.36. The van der Waals surface area contributed by atoms with E-state index in [2.05, 4.69) is 140 Å². The number of hydrogen-bond donors (Lipinski definition) is 0. The standard InChI is InChI=1S/C47H29N3O/c1-2-9-30(10-3-1)32-17-20-33(21-18-32)45-48-46(50-47(49-45)42-15-8-14-41-40-13-6-7-16-43(40)51-44(41)42)39-26-25-37-28-36(23-24-38(37)29-39)35-22-19-31-11-4-5-12-34(31)27-35/h1-29H. The second-order valence-corrected chi connectivity index (χ2v) is 12.9. The molecule has 0 spiro atoms. The monoisotopic (exact) mass is 651 g/mol. The van der Waals surface area contributed by atoms with Gasteiger partial charge >= 0.3 is 0 Å². The van der Waals surface area contributed by atoms with Gasteiger partial charge in [-0.15, -0.1) is 0 Å². The third kappa shape index (κ3) is 5.22. The van der Waals surface area contributed by atoms with E-state index in [0.29, 0.717) is 17.5 Å². The number of nitrogens with zero attached hydrogens (tertiary/aromatic N) is 3. The Bertz CT molecular complexity index is 2910. The number of hydrogen-bond acceptors (Lipinski definition) is 4. The van der Waals surface area contributed by atoms with Gasteiger partial charge in [0.25, 0.3) is 0 Å². The number of furan rings is 1. The van der Waals surface area contributed by atoms with E-state index in [1.54, 1.807) is 0 Å². The van der Waals surface area contributed by atoms with E-state index in [9.17, 15) is 0 Å². The molecular weight excluding hydrogens is 623 g/mol. The fourth-order valence-electron chi connectivity index (χ4n) is 7.05. The van der Waals surface area contributed by atoms with Gasteiger partial charge in [-0.1, -0.05) is 146 Å². The van der Waals surface area contributed by atoms with Gasteiger partial charge in [0.05, 0.1) is 5.56 Å². The van der Waals surface area contributed by atoms with Crippen molar-refractivity contribution in [2.24, 2.45) is 0 Å². The predicted octanol–water partition coefficient (Wildman–Crippen LogP) is 12.4. The molecule has 0 radical (unpaired) electrons. The Morgan fingerprint density at radius 3 is 1.61 bits per heavy atom. The van der Waals surface area contributed by atoms with Crippen molar-refractivity contribution in [2.45, 2.75) is 0 Å². The summed E-state index contributed by atoms with van der Waals surface area (Å²) >= 11 is 0. The molecule has 0 aliphatic carbocycles. The zero-order chi connectivity index (χ0) is 33.7. The van der Waals surface area contributed by atoms with E-state index < -0.39 is 0 Å². The van der Waals surface area contributed by atoms with Crippen LogP contribution in [0.4, 0.5) is 0 Å². The second kappa shape index (κ2) is 11.9. The highest BCUT2D eigenvalue weighted by molar-refractivity contribution is 6.09. The SMILES string of the molecule is c1ccc(-c2ccc(-c3nc(-c4ccc5cc(-c6ccc7ccccc7c6)ccc5c4)nc(-c4cccc5c4oc4ccccc45)n3)cc2)cc1. The van der Waals surface area contributed by atoms with Gasteiger partial charge < -0.3 is 4.42 Å². The average molecular weight is 652 g/mol. The van der Waals surface area contributed by atoms with Crippen molar-refractivity contribution in [3.8, 4) is 56.4 Å². The van der Waals surface area contributed by atoms with Gasteiger partial charge in [0.15, 0.2) is 17.5 Å². The van der Waals surface area contributed by atoms with Crippen LogP contribution in [0.2, 0.25) is 0 Å². The minimum Gasteiger partial charge on any atom is -0.455 e. The lowest BCUT2D eigenvalue weighted by Gasteiger charge is -2.11. The maximum atomic E-state index is 6.42. The third-order valence-electron chi connectivity index (χ3n) is 9.71. The van der Waals surface area contributed by atoms with E-state index in [1.165, 1.54) is 21.9 Å². The Hall–Kier alpha value is -6.91. The third-order valence-corrected chi connectivity index (χ3v) is 9.71. The molecule has 238 valence electrons. The van der Waals surface area contributed by atoms with Crippen molar-refractivity contribution in [3.05, 3.63) is 176 Å². The van der Waals surface area contributed by atoms with Crippen molar-refractivity contribution >= 4 is 43.5 Å². The summed E-state index contributed by atoms with van der Waals surface area (Å²) < 4.78 is 6.42. The Kier molecular flexibility index (Phi) is 6.78. The number of fused-ring (bicyclic) bond motifs is 5. The molecule has 0 atom stereocenters. The molecule has 4 nitrogen and oxygen atoms in total. The molecule has 0 saturated heterocycles. The molecule has 10 aromatic rings. The van der Waals surface area contributed by atoms with Crippen LogP contribution in [0.5, 0.6) is 0 Å². The van der Waals surface area contributed by atoms with E-state index in [4.69, 9.17) is 19.4 Å². The van der Waals surface area contributed by atoms with E-state index in [-0.39, 0.29) is 0 Å². The highest BCUT2D eigenvalue weighted by atomic mass is 16.3. The van der Waals surface area contributed by atoms with Crippen LogP contribution < -0.4 is 0 Å². The van der Waals surface area contributed by atoms with Gasteiger partial charge in [-0.25, -0.2) is 15.0 Å². The van der Waals surface area contributed by atoms with E-state index in [0.717, 1.165) is 60.5 Å². The van der Waals surface area contributed by atoms with Gasteiger partial charge in [0.1, 0.15) is 11.2 Å². The minimum atomic E-state index is 0.568. The van der Waals surface area contributed by atoms with Gasteiger partial charge in [-0.3, -0.25) is 0 Å². The minimum absolute atomic E-state index is 0.568. The van der Waals surface area contributed by atoms with Crippen molar-refractivity contribution in [2.75, 3.05) is 0 Å². The van der Waals surface area contributed by atoms with Crippen LogP contribution in [-0.2, 0) is 0 Å². The zero-order valence-electron chi connectivity index (χ0n) is 27.5. The van der Waals surface area contributed by atoms with Gasteiger partial charge in [-0.2, -0.15) is 0 Å². The first kappa shape index (κ1) is 29.0. The van der Waals surface area contributed by atoms with Crippen LogP contribution in [0, 0.1) is 0 Å². The summed E-state index contributed by atoms with van der Waals surface area (Å²) in [6.45, 7) is 0. The summed E-state index contributed by atoms with van der Waals surface area (Å²) in [6, 6.07) is 61.2. The van der Waals surface area contributed by atoms with Crippen LogP contribution in [0.15, 0.2) is 180 Å². The van der Waals surface area contributed by atoms with Gasteiger partial charge in [0, 0.05) is 21.9 Å². The van der Waals surface area contributed by atoms with Gasteiger partial charge in [0.2, 0.25) is 0 Å². The van der Waals surface area contributed by atoms with Crippen molar-refractivity contribution < 1.29 is 4.42 Å². The van der Waals surface area contributed by atoms with Crippen molar-refractivity contribution in [3.63, 3.8) is 0 Å². The number of rotatable bonds is 5. The zero-order valence-corrected chi connectivity index (χ0v) is 27.5. The summed E-state index contributed by atoms with van der Waals surface area (Å²) in [6.07, 6.45) is 0. The molecule has 0 bridgehead atoms. The van der Waals surface area contributed by atoms with Crippen molar-refractivity contribution in [1.82, 2.24) is 15.0 Å². The first-order valence-corrected chi connectivity index (χ1v) is 17.1. The molecule has 4 heteroatoms. The molecule has 2 heterocycles. The highest BCUT2D eigenvalue weighted by Gasteiger charge is 2.18. The summed E-state index contributed by atoms with van der Waals surface area (Å²) in [7, 11) is 0. The summed E-state index contributed by atoms with van der Waals surface area (Å²) in [4.78, 5) is 15.2. The lowest BCUT2D eigenvalue weighted by atomic mass is 9.98. The smallest absolute Gasteiger partial charge is 0.167 e. The molecule has 0 aliphatic heterocycles. The van der Waals surface area contributed by atoms with Crippen LogP contribution in [0.25, 0.3) is 99.9 Å². The molecule has 0 aliphatic rings. The summed E-state index contributed by atoms with van der Waals surface area (Å²) in [5.41, 5.74) is 8.95. The van der Waals surface area contributed by atoms with E-state index >= 15 is 0 Å². The molecule has 51 heavy (non-hydrogen) atoms. The first-order chi connectivity index (χ1) is 25.2. The maximum Gasteiger partial charge on any atom is 0.167 e. The molecular formula is C47H29N3O.